The Kier molecular flexibility index (Phi) is 13.6. The predicted molar refractivity (Wildman–Crippen MR) is 219 cm³/mol. The van der Waals surface area contributed by atoms with Crippen LogP contribution in [0.3, 0.4) is 0 Å². The summed E-state index contributed by atoms with van der Waals surface area (Å²) in [6, 6.07) is 0. The van der Waals surface area contributed by atoms with Crippen molar-refractivity contribution in [2.24, 2.45) is 57.2 Å². The maximum Gasteiger partial charge on any atom is 0.312 e. The van der Waals surface area contributed by atoms with Crippen LogP contribution < -0.4 is 0 Å². The fourth-order valence-corrected chi connectivity index (χ4v) is 12.5. The summed E-state index contributed by atoms with van der Waals surface area (Å²) in [6.07, 6.45) is 20.0. The molecule has 8 nitrogen and oxygen atoms in total. The molecule has 6 aliphatic carbocycles. The van der Waals surface area contributed by atoms with Gasteiger partial charge in [0.1, 0.15) is 25.4 Å². The van der Waals surface area contributed by atoms with E-state index in [4.69, 9.17) is 18.9 Å². The summed E-state index contributed by atoms with van der Waals surface area (Å²) < 4.78 is 22.8. The van der Waals surface area contributed by atoms with Crippen LogP contribution in [-0.2, 0) is 28.5 Å². The number of allylic oxidation sites excluding steroid dienone is 8. The van der Waals surface area contributed by atoms with Gasteiger partial charge in [-0.1, -0.05) is 89.8 Å². The lowest BCUT2D eigenvalue weighted by atomic mass is 9.47. The van der Waals surface area contributed by atoms with Crippen molar-refractivity contribution in [3.63, 3.8) is 0 Å². The minimum Gasteiger partial charge on any atom is -0.462 e. The molecule has 0 aliphatic heterocycles. The molecule has 0 radical (unpaired) electrons. The molecule has 10 atom stereocenters. The van der Waals surface area contributed by atoms with Crippen molar-refractivity contribution in [3.8, 4) is 0 Å². The number of ether oxygens (including phenoxy) is 4. The topological polar surface area (TPSA) is 112 Å². The Morgan fingerprint density at radius 3 is 1.41 bits per heavy atom. The van der Waals surface area contributed by atoms with Crippen LogP contribution in [0.15, 0.2) is 46.6 Å². The molecule has 0 heterocycles. The van der Waals surface area contributed by atoms with Gasteiger partial charge in [0.15, 0.2) is 0 Å². The van der Waals surface area contributed by atoms with Crippen molar-refractivity contribution in [2.45, 2.75) is 145 Å². The first-order valence-electron chi connectivity index (χ1n) is 22.2. The Hall–Kier alpha value is -2.26. The van der Waals surface area contributed by atoms with Crippen molar-refractivity contribution in [2.75, 3.05) is 39.6 Å². The molecule has 0 bridgehead atoms. The van der Waals surface area contributed by atoms with Crippen molar-refractivity contribution in [1.82, 2.24) is 0 Å². The van der Waals surface area contributed by atoms with E-state index in [0.717, 1.165) is 77.0 Å². The molecule has 10 unspecified atom stereocenters. The van der Waals surface area contributed by atoms with E-state index in [0.29, 0.717) is 23.7 Å². The normalized spacial score (nSPS) is 36.4. The molecule has 0 aromatic rings. The summed E-state index contributed by atoms with van der Waals surface area (Å²) in [4.78, 5) is 27.3. The van der Waals surface area contributed by atoms with E-state index in [1.807, 2.05) is 0 Å². The summed E-state index contributed by atoms with van der Waals surface area (Å²) >= 11 is 0. The molecular weight excluding hydrogens is 705 g/mol. The molecule has 314 valence electrons. The number of carbonyl (C=O) groups is 2. The third-order valence-electron chi connectivity index (χ3n) is 15.9. The predicted octanol–water partition coefficient (Wildman–Crippen LogP) is 9.10. The van der Waals surface area contributed by atoms with Gasteiger partial charge in [-0.2, -0.15) is 0 Å². The van der Waals surface area contributed by atoms with E-state index in [1.54, 1.807) is 0 Å². The van der Waals surface area contributed by atoms with Crippen LogP contribution in [0, 0.1) is 57.2 Å². The highest BCUT2D eigenvalue weighted by Gasteiger charge is 2.59. The Labute approximate surface area is 337 Å². The molecule has 8 heteroatoms. The quantitative estimate of drug-likeness (QED) is 0.125. The van der Waals surface area contributed by atoms with Gasteiger partial charge < -0.3 is 29.2 Å². The lowest BCUT2D eigenvalue weighted by Gasteiger charge is -2.57. The second-order valence-corrected chi connectivity index (χ2v) is 20.1. The van der Waals surface area contributed by atoms with Crippen LogP contribution in [0.2, 0.25) is 0 Å². The van der Waals surface area contributed by atoms with Gasteiger partial charge in [0.25, 0.3) is 0 Å². The third-order valence-corrected chi connectivity index (χ3v) is 15.9. The van der Waals surface area contributed by atoms with Crippen LogP contribution in [0.1, 0.15) is 132 Å². The number of carbonyl (C=O) groups excluding carboxylic acids is 2. The lowest BCUT2D eigenvalue weighted by Crippen LogP contribution is -2.53. The van der Waals surface area contributed by atoms with Gasteiger partial charge in [-0.25, -0.2) is 0 Å². The zero-order valence-electron chi connectivity index (χ0n) is 36.0. The van der Waals surface area contributed by atoms with Crippen molar-refractivity contribution < 1.29 is 38.7 Å². The minimum absolute atomic E-state index is 0.0126. The molecule has 0 aromatic carbocycles. The second-order valence-electron chi connectivity index (χ2n) is 20.1. The number of fused-ring (bicyclic) bond motifs is 6. The summed E-state index contributed by atoms with van der Waals surface area (Å²) in [5, 5.41) is 21.2. The molecule has 0 aromatic heterocycles. The monoisotopic (exact) mass is 779 g/mol. The number of aliphatic hydroxyl groups excluding tert-OH is 2. The van der Waals surface area contributed by atoms with Crippen LogP contribution in [0.25, 0.3) is 0 Å². The largest absolute Gasteiger partial charge is 0.462 e. The van der Waals surface area contributed by atoms with Crippen LogP contribution >= 0.6 is 0 Å². The highest BCUT2D eigenvalue weighted by atomic mass is 16.6. The first-order valence-corrected chi connectivity index (χ1v) is 22.2. The summed E-state index contributed by atoms with van der Waals surface area (Å²) in [6.45, 7) is 18.3. The van der Waals surface area contributed by atoms with Gasteiger partial charge in [0.05, 0.1) is 37.3 Å². The number of esters is 2. The van der Waals surface area contributed by atoms with Crippen LogP contribution in [-0.4, -0.2) is 74.0 Å². The molecule has 56 heavy (non-hydrogen) atoms. The molecule has 2 fully saturated rings. The number of hydrogen-bond donors (Lipinski definition) is 2. The Morgan fingerprint density at radius 1 is 0.643 bits per heavy atom. The molecule has 2 saturated carbocycles. The van der Waals surface area contributed by atoms with Crippen molar-refractivity contribution in [3.05, 3.63) is 46.6 Å². The van der Waals surface area contributed by atoms with Gasteiger partial charge in [0, 0.05) is 0 Å². The van der Waals surface area contributed by atoms with Crippen molar-refractivity contribution in [1.29, 1.82) is 0 Å². The first-order chi connectivity index (χ1) is 26.5. The smallest absolute Gasteiger partial charge is 0.312 e. The van der Waals surface area contributed by atoms with E-state index in [-0.39, 0.29) is 74.2 Å². The van der Waals surface area contributed by atoms with Crippen molar-refractivity contribution >= 4 is 11.9 Å². The van der Waals surface area contributed by atoms with Crippen LogP contribution in [0.5, 0.6) is 0 Å². The Balaban J connectivity index is 0.886. The summed E-state index contributed by atoms with van der Waals surface area (Å²) in [7, 11) is 0. The lowest BCUT2D eigenvalue weighted by molar-refractivity contribution is -0.174. The second kappa shape index (κ2) is 17.5. The maximum atomic E-state index is 13.7. The molecule has 6 rings (SSSR count). The summed E-state index contributed by atoms with van der Waals surface area (Å²) in [5.41, 5.74) is 4.96. The van der Waals surface area contributed by atoms with E-state index in [1.165, 1.54) is 22.3 Å². The highest BCUT2D eigenvalue weighted by Crippen LogP contribution is 2.64. The molecule has 2 N–H and O–H groups in total. The zero-order chi connectivity index (χ0) is 40.5. The Morgan fingerprint density at radius 2 is 1.04 bits per heavy atom. The fraction of sp³-hybridized carbons (Fsp3) is 0.792. The van der Waals surface area contributed by atoms with Gasteiger partial charge in [-0.15, -0.1) is 0 Å². The highest BCUT2D eigenvalue weighted by molar-refractivity contribution is 5.78. The number of aliphatic hydroxyl groups is 2. The average molecular weight is 779 g/mol. The third kappa shape index (κ3) is 8.56. The van der Waals surface area contributed by atoms with Gasteiger partial charge >= 0.3 is 11.9 Å². The minimum atomic E-state index is -0.945. The fourth-order valence-electron chi connectivity index (χ4n) is 12.5. The standard InChI is InChI=1S/C48H74O8/c1-31(2)33-11-15-39-35(25-33)13-17-41-45(39,5)19-9-21-47(41,7)43(51)55-29-37(49)27-53-23-24-54-28-38(50)30-56-44(52)48(8)22-10-20-46(6)40-16-12-34(32(3)4)26-36(40)14-18-42(46)48/h13-14,25-26,31-32,37-42,49-50H,9-12,15-24,27-30H2,1-8H3. The van der Waals surface area contributed by atoms with E-state index in [9.17, 15) is 19.8 Å². The number of rotatable bonds is 15. The molecular formula is C48H74O8. The molecule has 0 spiro atoms. The van der Waals surface area contributed by atoms with Gasteiger partial charge in [-0.05, 0) is 136 Å². The summed E-state index contributed by atoms with van der Waals surface area (Å²) in [5.74, 6) is 2.09. The first kappa shape index (κ1) is 43.3. The molecule has 0 saturated heterocycles. The van der Waals surface area contributed by atoms with E-state index < -0.39 is 23.0 Å². The maximum absolute atomic E-state index is 13.7. The number of hydrogen-bond acceptors (Lipinski definition) is 8. The van der Waals surface area contributed by atoms with Gasteiger partial charge in [-0.3, -0.25) is 9.59 Å². The average Bonchev–Trinajstić information content (AvgIpc) is 3.16. The van der Waals surface area contributed by atoms with Gasteiger partial charge in [0.2, 0.25) is 0 Å². The van der Waals surface area contributed by atoms with Crippen LogP contribution in [0.4, 0.5) is 0 Å². The molecule has 0 amide bonds. The zero-order valence-corrected chi connectivity index (χ0v) is 36.0. The molecule has 6 aliphatic rings. The Bertz CT molecular complexity index is 1440. The SMILES string of the molecule is CC(C)C1=CC2=CCC3C(C)(C(=O)OCC(O)COCCOCC(O)COC(=O)C4(C)CCCC5(C)C6CCC(C(C)C)=CC6=CCC45)CCCC3(C)C2CC1. The van der Waals surface area contributed by atoms with E-state index >= 15 is 0 Å². The van der Waals surface area contributed by atoms with E-state index in [2.05, 4.69) is 79.7 Å².